The topological polar surface area (TPSA) is 106 Å². The minimum absolute atomic E-state index is 0.100. The summed E-state index contributed by atoms with van der Waals surface area (Å²) in [7, 11) is 0. The minimum atomic E-state index is -3.02. The lowest BCUT2D eigenvalue weighted by atomic mass is 9.99. The normalized spacial score (nSPS) is 18.4. The van der Waals surface area contributed by atoms with Crippen molar-refractivity contribution in [1.82, 2.24) is 35.4 Å². The van der Waals surface area contributed by atoms with Crippen LogP contribution in [0.25, 0.3) is 0 Å². The van der Waals surface area contributed by atoms with Crippen molar-refractivity contribution in [3.8, 4) is 0 Å². The van der Waals surface area contributed by atoms with Crippen molar-refractivity contribution in [2.75, 3.05) is 6.54 Å². The zero-order chi connectivity index (χ0) is 26.7. The Labute approximate surface area is 209 Å². The zero-order valence-corrected chi connectivity index (χ0v) is 20.1. The maximum absolute atomic E-state index is 14.7. The van der Waals surface area contributed by atoms with Crippen LogP contribution < -0.4 is 5.32 Å². The highest BCUT2D eigenvalue weighted by Gasteiger charge is 2.41. The van der Waals surface area contributed by atoms with Crippen LogP contribution in [0.4, 0.5) is 17.6 Å². The average molecular weight is 520 g/mol. The minimum Gasteiger partial charge on any atom is -0.342 e. The number of carbonyl (C=O) groups is 2. The Balaban J connectivity index is 1.58. The average Bonchev–Trinajstić information content (AvgIpc) is 3.49. The number of amides is 2. The van der Waals surface area contributed by atoms with E-state index in [9.17, 15) is 27.2 Å². The van der Waals surface area contributed by atoms with E-state index in [-0.39, 0.29) is 18.0 Å². The van der Waals surface area contributed by atoms with Gasteiger partial charge in [0.25, 0.3) is 6.43 Å². The number of carbonyl (C=O) groups excluding carboxylic acids is 2. The van der Waals surface area contributed by atoms with Crippen LogP contribution in [0, 0.1) is 5.95 Å². The number of alkyl halides is 3. The van der Waals surface area contributed by atoms with Crippen molar-refractivity contribution < 1.29 is 27.2 Å². The molecule has 1 aromatic carbocycles. The van der Waals surface area contributed by atoms with Crippen molar-refractivity contribution >= 4 is 11.8 Å². The molecule has 1 N–H and O–H groups in total. The second-order valence-corrected chi connectivity index (χ2v) is 9.01. The van der Waals surface area contributed by atoms with Gasteiger partial charge in [0.2, 0.25) is 23.6 Å². The lowest BCUT2D eigenvalue weighted by molar-refractivity contribution is -0.139. The zero-order valence-electron chi connectivity index (χ0n) is 20.1. The van der Waals surface area contributed by atoms with Gasteiger partial charge in [-0.05, 0) is 28.0 Å². The number of benzene rings is 1. The molecule has 0 bridgehead atoms. The van der Waals surface area contributed by atoms with Gasteiger partial charge in [-0.15, -0.1) is 5.10 Å². The van der Waals surface area contributed by atoms with Crippen LogP contribution in [-0.2, 0) is 16.1 Å². The van der Waals surface area contributed by atoms with Crippen molar-refractivity contribution in [2.24, 2.45) is 0 Å². The second-order valence-electron chi connectivity index (χ2n) is 9.01. The fourth-order valence-corrected chi connectivity index (χ4v) is 4.27. The standard InChI is InChI=1S/C24H25F4N7O2/c1-13(2)16-8-9-17(29-22(16)28)20(14-6-4-3-5-7-14)30-24(37)18-10-15(25)11-34(18)19(36)12-35-23(21(26)27)31-32-33-35/h3-9,13,15,18,20-21H,10-12H2,1-2H3,(H,30,37). The van der Waals surface area contributed by atoms with Gasteiger partial charge in [-0.2, -0.15) is 4.39 Å². The molecule has 2 amide bonds. The molecule has 1 fully saturated rings. The predicted molar refractivity (Wildman–Crippen MR) is 122 cm³/mol. The number of aromatic nitrogens is 5. The Morgan fingerprint density at radius 3 is 2.51 bits per heavy atom. The van der Waals surface area contributed by atoms with Crippen LogP contribution >= 0.6 is 0 Å². The van der Waals surface area contributed by atoms with E-state index in [0.29, 0.717) is 15.8 Å². The molecule has 3 unspecified atom stereocenters. The number of halogens is 4. The number of likely N-dealkylation sites (tertiary alicyclic amines) is 1. The summed E-state index contributed by atoms with van der Waals surface area (Å²) in [6.45, 7) is 2.58. The first-order chi connectivity index (χ1) is 17.7. The Hall–Kier alpha value is -3.90. The van der Waals surface area contributed by atoms with E-state index < -0.39 is 61.4 Å². The Morgan fingerprint density at radius 2 is 1.86 bits per heavy atom. The number of hydrogen-bond acceptors (Lipinski definition) is 6. The van der Waals surface area contributed by atoms with Crippen LogP contribution in [0.2, 0.25) is 0 Å². The highest BCUT2D eigenvalue weighted by atomic mass is 19.3. The van der Waals surface area contributed by atoms with E-state index in [1.165, 1.54) is 0 Å². The van der Waals surface area contributed by atoms with Gasteiger partial charge < -0.3 is 10.2 Å². The Morgan fingerprint density at radius 1 is 1.14 bits per heavy atom. The maximum Gasteiger partial charge on any atom is 0.298 e. The summed E-state index contributed by atoms with van der Waals surface area (Å²) in [4.78, 5) is 31.3. The number of tetrazole rings is 1. The molecule has 3 aromatic rings. The first-order valence-corrected chi connectivity index (χ1v) is 11.6. The first kappa shape index (κ1) is 26.2. The van der Waals surface area contributed by atoms with Crippen molar-refractivity contribution in [3.63, 3.8) is 0 Å². The van der Waals surface area contributed by atoms with E-state index in [0.717, 1.165) is 4.90 Å². The largest absolute Gasteiger partial charge is 0.342 e. The smallest absolute Gasteiger partial charge is 0.298 e. The monoisotopic (exact) mass is 519 g/mol. The van der Waals surface area contributed by atoms with Crippen molar-refractivity contribution in [1.29, 1.82) is 0 Å². The first-order valence-electron chi connectivity index (χ1n) is 11.6. The fraction of sp³-hybridized carbons (Fsp3) is 0.417. The molecular weight excluding hydrogens is 494 g/mol. The third-order valence-corrected chi connectivity index (χ3v) is 6.15. The highest BCUT2D eigenvalue weighted by Crippen LogP contribution is 2.27. The van der Waals surface area contributed by atoms with E-state index >= 15 is 0 Å². The molecule has 9 nitrogen and oxygen atoms in total. The van der Waals surface area contributed by atoms with Crippen molar-refractivity contribution in [2.45, 2.75) is 57.4 Å². The summed E-state index contributed by atoms with van der Waals surface area (Å²) in [5.41, 5.74) is 1.24. The van der Waals surface area contributed by atoms with Gasteiger partial charge in [0, 0.05) is 12.0 Å². The molecule has 37 heavy (non-hydrogen) atoms. The van der Waals surface area contributed by atoms with E-state index in [4.69, 9.17) is 0 Å². The summed E-state index contributed by atoms with van der Waals surface area (Å²) in [5.74, 6) is -3.07. The fourth-order valence-electron chi connectivity index (χ4n) is 4.27. The SMILES string of the molecule is CC(C)c1ccc(C(NC(=O)C2CC(F)CN2C(=O)Cn2nnnc2C(F)F)c2ccccc2)nc1F. The summed E-state index contributed by atoms with van der Waals surface area (Å²) < 4.78 is 55.9. The quantitative estimate of drug-likeness (QED) is 0.362. The number of rotatable bonds is 8. The number of hydrogen-bond donors (Lipinski definition) is 1. The van der Waals surface area contributed by atoms with Gasteiger partial charge in [-0.3, -0.25) is 9.59 Å². The molecule has 4 rings (SSSR count). The van der Waals surface area contributed by atoms with Gasteiger partial charge in [-0.25, -0.2) is 22.8 Å². The molecule has 0 radical (unpaired) electrons. The maximum atomic E-state index is 14.7. The number of nitrogens with zero attached hydrogens (tertiary/aromatic N) is 6. The van der Waals surface area contributed by atoms with Crippen LogP contribution in [0.15, 0.2) is 42.5 Å². The molecule has 0 aliphatic carbocycles. The number of nitrogens with one attached hydrogen (secondary N) is 1. The number of pyridine rings is 1. The lowest BCUT2D eigenvalue weighted by Crippen LogP contribution is -2.48. The Bertz CT molecular complexity index is 1250. The van der Waals surface area contributed by atoms with Crippen LogP contribution in [0.3, 0.4) is 0 Å². The molecule has 13 heteroatoms. The van der Waals surface area contributed by atoms with Crippen LogP contribution in [-0.4, -0.2) is 60.7 Å². The molecule has 3 heterocycles. The van der Waals surface area contributed by atoms with Gasteiger partial charge in [0.05, 0.1) is 18.3 Å². The molecule has 1 aliphatic rings. The van der Waals surface area contributed by atoms with Crippen LogP contribution in [0.1, 0.15) is 61.3 Å². The summed E-state index contributed by atoms with van der Waals surface area (Å²) >= 11 is 0. The van der Waals surface area contributed by atoms with E-state index in [2.05, 4.69) is 25.8 Å². The summed E-state index contributed by atoms with van der Waals surface area (Å²) in [6.07, 6.45) is -4.81. The molecule has 1 saturated heterocycles. The molecule has 0 saturated carbocycles. The molecular formula is C24H25F4N7O2. The summed E-state index contributed by atoms with van der Waals surface area (Å²) in [5, 5.41) is 12.5. The molecule has 1 aliphatic heterocycles. The van der Waals surface area contributed by atoms with Crippen molar-refractivity contribution in [3.05, 3.63) is 71.1 Å². The lowest BCUT2D eigenvalue weighted by Gasteiger charge is -2.26. The van der Waals surface area contributed by atoms with E-state index in [1.807, 2.05) is 13.8 Å². The molecule has 196 valence electrons. The molecule has 3 atom stereocenters. The van der Waals surface area contributed by atoms with Gasteiger partial charge in [-0.1, -0.05) is 50.2 Å². The Kier molecular flexibility index (Phi) is 7.79. The third kappa shape index (κ3) is 5.75. The van der Waals surface area contributed by atoms with Gasteiger partial charge in [0.1, 0.15) is 18.8 Å². The third-order valence-electron chi connectivity index (χ3n) is 6.15. The highest BCUT2D eigenvalue weighted by molar-refractivity contribution is 5.88. The summed E-state index contributed by atoms with van der Waals surface area (Å²) in [6, 6.07) is 9.79. The van der Waals surface area contributed by atoms with Gasteiger partial charge >= 0.3 is 0 Å². The molecule has 0 spiro atoms. The van der Waals surface area contributed by atoms with Gasteiger partial charge in [0.15, 0.2) is 0 Å². The second kappa shape index (κ2) is 11.0. The molecule has 2 aromatic heterocycles. The predicted octanol–water partition coefficient (Wildman–Crippen LogP) is 3.11. The van der Waals surface area contributed by atoms with E-state index in [1.54, 1.807) is 42.5 Å². The van der Waals surface area contributed by atoms with Crippen LogP contribution in [0.5, 0.6) is 0 Å².